The largest absolute Gasteiger partial charge is 0.333 e. The molecular formula is C27H36N4O2. The first-order chi connectivity index (χ1) is 15.4. The molecule has 1 N–H and O–H groups in total. The van der Waals surface area contributed by atoms with E-state index in [0.717, 1.165) is 16.8 Å². The second-order valence-electron chi connectivity index (χ2n) is 10.3. The normalized spacial score (nSPS) is 12.8. The summed E-state index contributed by atoms with van der Waals surface area (Å²) in [5.41, 5.74) is 2.95. The van der Waals surface area contributed by atoms with Gasteiger partial charge in [-0.15, -0.1) is 0 Å². The van der Waals surface area contributed by atoms with E-state index >= 15 is 0 Å². The van der Waals surface area contributed by atoms with Crippen molar-refractivity contribution in [1.82, 2.24) is 19.8 Å². The molecule has 0 saturated carbocycles. The summed E-state index contributed by atoms with van der Waals surface area (Å²) in [7, 11) is 0. The van der Waals surface area contributed by atoms with Crippen LogP contribution in [0, 0.1) is 19.8 Å². The average molecular weight is 449 g/mol. The van der Waals surface area contributed by atoms with Gasteiger partial charge in [-0.05, 0) is 76.8 Å². The molecular weight excluding hydrogens is 412 g/mol. The minimum absolute atomic E-state index is 0.128. The van der Waals surface area contributed by atoms with Crippen molar-refractivity contribution in [3.63, 3.8) is 0 Å². The standard InChI is InChI=1S/C27H36N4O2/c1-17(2)16-30(26(33)29-27(6,7)8)20(5)24-28-22-12-10-9-11-21(22)25(32)31(24)23-15-18(3)13-14-19(23)4/h9-15,17,20H,16H2,1-8H3,(H,29,33). The fourth-order valence-corrected chi connectivity index (χ4v) is 3.97. The molecule has 1 aromatic heterocycles. The number of urea groups is 1. The number of fused-ring (bicyclic) bond motifs is 1. The molecule has 1 heterocycles. The second kappa shape index (κ2) is 9.38. The molecule has 3 rings (SSSR count). The Morgan fingerprint density at radius 3 is 2.39 bits per heavy atom. The predicted octanol–water partition coefficient (Wildman–Crippen LogP) is 5.53. The van der Waals surface area contributed by atoms with E-state index < -0.39 is 6.04 Å². The molecule has 0 fully saturated rings. The number of aryl methyl sites for hydroxylation is 2. The second-order valence-corrected chi connectivity index (χ2v) is 10.3. The van der Waals surface area contributed by atoms with Crippen molar-refractivity contribution >= 4 is 16.9 Å². The van der Waals surface area contributed by atoms with Gasteiger partial charge in [0.1, 0.15) is 5.82 Å². The van der Waals surface area contributed by atoms with Crippen molar-refractivity contribution < 1.29 is 4.79 Å². The highest BCUT2D eigenvalue weighted by Gasteiger charge is 2.29. The van der Waals surface area contributed by atoms with Crippen LogP contribution in [0.25, 0.3) is 16.6 Å². The number of benzene rings is 2. The Balaban J connectivity index is 2.28. The van der Waals surface area contributed by atoms with E-state index in [2.05, 4.69) is 19.2 Å². The molecule has 1 atom stereocenters. The van der Waals surface area contributed by atoms with Crippen LogP contribution in [-0.4, -0.2) is 32.6 Å². The molecule has 1 unspecified atom stereocenters. The number of hydrogen-bond acceptors (Lipinski definition) is 3. The highest BCUT2D eigenvalue weighted by atomic mass is 16.2. The zero-order chi connectivity index (χ0) is 24.5. The number of nitrogens with one attached hydrogen (secondary N) is 1. The number of aromatic nitrogens is 2. The van der Waals surface area contributed by atoms with Gasteiger partial charge in [0.2, 0.25) is 0 Å². The lowest BCUT2D eigenvalue weighted by Gasteiger charge is -2.34. The van der Waals surface area contributed by atoms with Crippen LogP contribution >= 0.6 is 0 Å². The number of carbonyl (C=O) groups excluding carboxylic acids is 1. The number of rotatable bonds is 5. The van der Waals surface area contributed by atoms with E-state index in [4.69, 9.17) is 4.98 Å². The first kappa shape index (κ1) is 24.5. The monoisotopic (exact) mass is 448 g/mol. The van der Waals surface area contributed by atoms with E-state index in [0.29, 0.717) is 23.3 Å². The predicted molar refractivity (Wildman–Crippen MR) is 135 cm³/mol. The van der Waals surface area contributed by atoms with Crippen molar-refractivity contribution in [2.45, 2.75) is 67.0 Å². The van der Waals surface area contributed by atoms with E-state index in [1.807, 2.05) is 77.9 Å². The molecule has 0 aliphatic rings. The van der Waals surface area contributed by atoms with Gasteiger partial charge in [-0.25, -0.2) is 9.78 Å². The highest BCUT2D eigenvalue weighted by Crippen LogP contribution is 2.26. The lowest BCUT2D eigenvalue weighted by molar-refractivity contribution is 0.158. The summed E-state index contributed by atoms with van der Waals surface area (Å²) in [5, 5.41) is 3.64. The van der Waals surface area contributed by atoms with Gasteiger partial charge >= 0.3 is 6.03 Å². The topological polar surface area (TPSA) is 67.2 Å². The van der Waals surface area contributed by atoms with Crippen LogP contribution in [0.3, 0.4) is 0 Å². The Kier molecular flexibility index (Phi) is 6.96. The molecule has 0 aliphatic heterocycles. The molecule has 0 spiro atoms. The SMILES string of the molecule is Cc1ccc(C)c(-n2c(C(C)N(CC(C)C)C(=O)NC(C)(C)C)nc3ccccc3c2=O)c1. The Bertz CT molecular complexity index is 1220. The van der Waals surface area contributed by atoms with Crippen molar-refractivity contribution in [1.29, 1.82) is 0 Å². The summed E-state index contributed by atoms with van der Waals surface area (Å²) in [5.74, 6) is 0.802. The molecule has 0 saturated heterocycles. The Labute approximate surface area is 196 Å². The zero-order valence-corrected chi connectivity index (χ0v) is 21.1. The fraction of sp³-hybridized carbons (Fsp3) is 0.444. The smallest absolute Gasteiger partial charge is 0.318 e. The van der Waals surface area contributed by atoms with E-state index in [9.17, 15) is 9.59 Å². The number of hydrogen-bond donors (Lipinski definition) is 1. The summed E-state index contributed by atoms with van der Waals surface area (Å²) < 4.78 is 1.69. The van der Waals surface area contributed by atoms with Gasteiger partial charge < -0.3 is 10.2 Å². The van der Waals surface area contributed by atoms with Crippen molar-refractivity contribution in [3.8, 4) is 5.69 Å². The third-order valence-corrected chi connectivity index (χ3v) is 5.55. The van der Waals surface area contributed by atoms with Crippen molar-refractivity contribution in [2.75, 3.05) is 6.54 Å². The van der Waals surface area contributed by atoms with Gasteiger partial charge in [-0.1, -0.05) is 38.1 Å². The lowest BCUT2D eigenvalue weighted by atomic mass is 10.1. The van der Waals surface area contributed by atoms with Crippen LogP contribution in [0.4, 0.5) is 4.79 Å². The number of para-hydroxylation sites is 1. The highest BCUT2D eigenvalue weighted by molar-refractivity contribution is 5.78. The molecule has 2 aromatic carbocycles. The molecule has 2 amide bonds. The third kappa shape index (κ3) is 5.44. The molecule has 3 aromatic rings. The summed E-state index contributed by atoms with van der Waals surface area (Å²) in [6.45, 7) is 16.5. The van der Waals surface area contributed by atoms with Gasteiger partial charge in [0.05, 0.1) is 22.6 Å². The number of amides is 2. The Morgan fingerprint density at radius 2 is 1.76 bits per heavy atom. The summed E-state index contributed by atoms with van der Waals surface area (Å²) in [4.78, 5) is 33.8. The van der Waals surface area contributed by atoms with Crippen LogP contribution in [0.15, 0.2) is 47.3 Å². The quantitative estimate of drug-likeness (QED) is 0.558. The van der Waals surface area contributed by atoms with Gasteiger partial charge in [0.25, 0.3) is 5.56 Å². The van der Waals surface area contributed by atoms with E-state index in [1.54, 1.807) is 15.5 Å². The maximum absolute atomic E-state index is 13.8. The first-order valence-corrected chi connectivity index (χ1v) is 11.6. The van der Waals surface area contributed by atoms with Crippen LogP contribution in [0.5, 0.6) is 0 Å². The number of carbonyl (C=O) groups is 1. The molecule has 33 heavy (non-hydrogen) atoms. The Hall–Kier alpha value is -3.15. The van der Waals surface area contributed by atoms with Crippen LogP contribution in [-0.2, 0) is 0 Å². The summed E-state index contributed by atoms with van der Waals surface area (Å²) in [6.07, 6.45) is 0. The maximum atomic E-state index is 13.8. The molecule has 6 heteroatoms. The molecule has 6 nitrogen and oxygen atoms in total. The lowest BCUT2D eigenvalue weighted by Crippen LogP contribution is -2.50. The van der Waals surface area contributed by atoms with Crippen molar-refractivity contribution in [3.05, 3.63) is 69.8 Å². The van der Waals surface area contributed by atoms with Crippen LogP contribution < -0.4 is 10.9 Å². The van der Waals surface area contributed by atoms with E-state index in [-0.39, 0.29) is 23.0 Å². The minimum atomic E-state index is -0.424. The number of nitrogens with zero attached hydrogens (tertiary/aromatic N) is 3. The molecule has 0 bridgehead atoms. The minimum Gasteiger partial charge on any atom is -0.333 e. The van der Waals surface area contributed by atoms with Crippen LogP contribution in [0.2, 0.25) is 0 Å². The Morgan fingerprint density at radius 1 is 1.09 bits per heavy atom. The van der Waals surface area contributed by atoms with Gasteiger partial charge in [0.15, 0.2) is 0 Å². The van der Waals surface area contributed by atoms with Crippen LogP contribution in [0.1, 0.15) is 64.5 Å². The average Bonchev–Trinajstić information content (AvgIpc) is 2.72. The maximum Gasteiger partial charge on any atom is 0.318 e. The van der Waals surface area contributed by atoms with Crippen molar-refractivity contribution in [2.24, 2.45) is 5.92 Å². The van der Waals surface area contributed by atoms with Gasteiger partial charge in [-0.2, -0.15) is 0 Å². The van der Waals surface area contributed by atoms with E-state index in [1.165, 1.54) is 0 Å². The summed E-state index contributed by atoms with van der Waals surface area (Å²) >= 11 is 0. The van der Waals surface area contributed by atoms with Gasteiger partial charge in [0, 0.05) is 12.1 Å². The van der Waals surface area contributed by atoms with Gasteiger partial charge in [-0.3, -0.25) is 9.36 Å². The molecule has 176 valence electrons. The zero-order valence-electron chi connectivity index (χ0n) is 21.1. The fourth-order valence-electron chi connectivity index (χ4n) is 3.97. The summed E-state index contributed by atoms with van der Waals surface area (Å²) in [6, 6.07) is 12.8. The third-order valence-electron chi connectivity index (χ3n) is 5.55. The first-order valence-electron chi connectivity index (χ1n) is 11.6. The molecule has 0 radical (unpaired) electrons. The molecule has 0 aliphatic carbocycles.